The van der Waals surface area contributed by atoms with Gasteiger partial charge in [0.1, 0.15) is 0 Å². The van der Waals surface area contributed by atoms with Crippen LogP contribution in [0, 0.1) is 0 Å². The Morgan fingerprint density at radius 1 is 1.09 bits per heavy atom. The van der Waals surface area contributed by atoms with Crippen LogP contribution in [0.3, 0.4) is 0 Å². The van der Waals surface area contributed by atoms with Crippen molar-refractivity contribution in [1.82, 2.24) is 10.2 Å². The van der Waals surface area contributed by atoms with E-state index < -0.39 is 11.1 Å². The van der Waals surface area contributed by atoms with E-state index in [1.807, 2.05) is 21.0 Å². The quantitative estimate of drug-likeness (QED) is 0.352. The number of amides is 1. The lowest BCUT2D eigenvalue weighted by Crippen LogP contribution is -2.26. The molecule has 2 atom stereocenters. The second kappa shape index (κ2) is 15.1. The van der Waals surface area contributed by atoms with Crippen molar-refractivity contribution < 1.29 is 13.6 Å². The summed E-state index contributed by atoms with van der Waals surface area (Å²) < 4.78 is 20.3. The van der Waals surface area contributed by atoms with E-state index in [1.165, 1.54) is 0 Å². The lowest BCUT2D eigenvalue weighted by atomic mass is 10.1. The highest BCUT2D eigenvalue weighted by atomic mass is 32.2. The van der Waals surface area contributed by atoms with Crippen molar-refractivity contribution in [2.45, 2.75) is 76.4 Å². The zero-order chi connectivity index (χ0) is 17.5. The van der Waals surface area contributed by atoms with Gasteiger partial charge >= 0.3 is 0 Å². The Balaban J connectivity index is 3.44. The van der Waals surface area contributed by atoms with E-state index in [4.69, 9.17) is 0 Å². The fourth-order valence-corrected chi connectivity index (χ4v) is 3.37. The molecule has 23 heavy (non-hydrogen) atoms. The number of carbonyl (C=O) groups is 1. The van der Waals surface area contributed by atoms with Gasteiger partial charge in [-0.3, -0.25) is 4.79 Å². The maximum atomic E-state index is 11.6. The third-order valence-electron chi connectivity index (χ3n) is 3.93. The van der Waals surface area contributed by atoms with E-state index in [-0.39, 0.29) is 11.2 Å². The second-order valence-electron chi connectivity index (χ2n) is 6.50. The molecule has 0 fully saturated rings. The molecular weight excluding hydrogens is 312 g/mol. The summed E-state index contributed by atoms with van der Waals surface area (Å²) in [6.45, 7) is 3.80. The van der Waals surface area contributed by atoms with Crippen molar-refractivity contribution in [2.75, 3.05) is 27.2 Å². The highest BCUT2D eigenvalue weighted by molar-refractivity contribution is 7.79. The highest BCUT2D eigenvalue weighted by Crippen LogP contribution is 2.14. The summed E-state index contributed by atoms with van der Waals surface area (Å²) in [6, 6.07) is 0. The Morgan fingerprint density at radius 3 is 2.35 bits per heavy atom. The fourth-order valence-electron chi connectivity index (χ4n) is 2.57. The zero-order valence-electron chi connectivity index (χ0n) is 15.2. The number of hydrogen-bond acceptors (Lipinski definition) is 3. The average molecular weight is 349 g/mol. The molecule has 2 unspecified atom stereocenters. The van der Waals surface area contributed by atoms with Gasteiger partial charge in [0.05, 0.1) is 5.25 Å². The van der Waals surface area contributed by atoms with Crippen LogP contribution < -0.4 is 5.32 Å². The van der Waals surface area contributed by atoms with E-state index in [0.29, 0.717) is 6.42 Å². The lowest BCUT2D eigenvalue weighted by molar-refractivity contribution is -0.121. The van der Waals surface area contributed by atoms with Crippen molar-refractivity contribution in [3.63, 3.8) is 0 Å². The van der Waals surface area contributed by atoms with Crippen molar-refractivity contribution in [3.05, 3.63) is 0 Å². The number of nitrogens with one attached hydrogen (secondary N) is 1. The Bertz CT molecular complexity index is 325. The van der Waals surface area contributed by atoms with Crippen molar-refractivity contribution >= 4 is 17.0 Å². The van der Waals surface area contributed by atoms with Crippen LogP contribution in [0.4, 0.5) is 0 Å². The minimum absolute atomic E-state index is 0.0621. The van der Waals surface area contributed by atoms with Crippen LogP contribution in [-0.4, -0.2) is 52.0 Å². The van der Waals surface area contributed by atoms with E-state index in [2.05, 4.69) is 10.2 Å². The summed E-state index contributed by atoms with van der Waals surface area (Å²) in [5, 5.41) is 2.89. The zero-order valence-corrected chi connectivity index (χ0v) is 16.0. The highest BCUT2D eigenvalue weighted by Gasteiger charge is 2.13. The lowest BCUT2D eigenvalue weighted by Gasteiger charge is -2.11. The third-order valence-corrected chi connectivity index (χ3v) is 4.97. The summed E-state index contributed by atoms with van der Waals surface area (Å²) in [5.74, 6) is 0.155. The summed E-state index contributed by atoms with van der Waals surface area (Å²) in [4.78, 5) is 13.7. The SMILES string of the molecule is CCCC(CCCCCCCC(=O)NCCCN(C)C)S(=O)O. The van der Waals surface area contributed by atoms with Gasteiger partial charge in [0.15, 0.2) is 11.1 Å². The minimum Gasteiger partial charge on any atom is -0.356 e. The maximum absolute atomic E-state index is 11.6. The molecule has 0 spiro atoms. The van der Waals surface area contributed by atoms with E-state index in [1.54, 1.807) is 0 Å². The Morgan fingerprint density at radius 2 is 1.74 bits per heavy atom. The first-order valence-corrected chi connectivity index (χ1v) is 10.2. The van der Waals surface area contributed by atoms with Gasteiger partial charge in [-0.2, -0.15) is 0 Å². The van der Waals surface area contributed by atoms with Gasteiger partial charge < -0.3 is 14.8 Å². The largest absolute Gasteiger partial charge is 0.356 e. The van der Waals surface area contributed by atoms with Gasteiger partial charge in [-0.25, -0.2) is 4.21 Å². The molecule has 0 radical (unpaired) electrons. The van der Waals surface area contributed by atoms with Crippen LogP contribution >= 0.6 is 0 Å². The topological polar surface area (TPSA) is 69.6 Å². The van der Waals surface area contributed by atoms with Crippen LogP contribution in [-0.2, 0) is 15.9 Å². The third kappa shape index (κ3) is 14.8. The first-order chi connectivity index (χ1) is 11.0. The molecule has 0 aliphatic heterocycles. The monoisotopic (exact) mass is 348 g/mol. The number of rotatable bonds is 15. The van der Waals surface area contributed by atoms with Gasteiger partial charge in [-0.1, -0.05) is 39.0 Å². The van der Waals surface area contributed by atoms with E-state index in [9.17, 15) is 13.6 Å². The molecule has 138 valence electrons. The normalized spacial score (nSPS) is 14.0. The molecule has 0 saturated carbocycles. The average Bonchev–Trinajstić information content (AvgIpc) is 2.49. The second-order valence-corrected chi connectivity index (χ2v) is 7.72. The Labute approximate surface area is 144 Å². The molecule has 0 heterocycles. The Hall–Kier alpha value is -0.460. The van der Waals surface area contributed by atoms with Crippen molar-refractivity contribution in [3.8, 4) is 0 Å². The van der Waals surface area contributed by atoms with Crippen LogP contribution in [0.25, 0.3) is 0 Å². The molecule has 0 aliphatic rings. The number of unbranched alkanes of at least 4 members (excludes halogenated alkanes) is 4. The molecule has 2 N–H and O–H groups in total. The summed E-state index contributed by atoms with van der Waals surface area (Å²) in [5.41, 5.74) is 0. The van der Waals surface area contributed by atoms with Gasteiger partial charge in [-0.05, 0) is 46.3 Å². The summed E-state index contributed by atoms with van der Waals surface area (Å²) >= 11 is -1.68. The molecule has 0 aliphatic carbocycles. The molecule has 5 nitrogen and oxygen atoms in total. The standard InChI is InChI=1S/C17H36N2O3S/c1-4-11-16(23(21)22)12-8-6-5-7-9-13-17(20)18-14-10-15-19(2)3/h16H,4-15H2,1-3H3,(H,18,20)(H,21,22). The van der Waals surface area contributed by atoms with Gasteiger partial charge in [-0.15, -0.1) is 0 Å². The van der Waals surface area contributed by atoms with Gasteiger partial charge in [0, 0.05) is 13.0 Å². The van der Waals surface area contributed by atoms with E-state index >= 15 is 0 Å². The smallest absolute Gasteiger partial charge is 0.219 e. The first-order valence-electron chi connectivity index (χ1n) is 8.98. The van der Waals surface area contributed by atoms with Gasteiger partial charge in [0.2, 0.25) is 5.91 Å². The molecule has 0 saturated heterocycles. The van der Waals surface area contributed by atoms with Crippen LogP contribution in [0.1, 0.15) is 71.1 Å². The summed E-state index contributed by atoms with van der Waals surface area (Å²) in [7, 11) is 4.06. The fraction of sp³-hybridized carbons (Fsp3) is 0.941. The molecule has 6 heteroatoms. The molecule has 0 aromatic carbocycles. The molecule has 0 aromatic heterocycles. The molecule has 0 rings (SSSR count). The minimum atomic E-state index is -1.68. The van der Waals surface area contributed by atoms with E-state index in [0.717, 1.165) is 70.9 Å². The molecule has 1 amide bonds. The van der Waals surface area contributed by atoms with Crippen LogP contribution in [0.2, 0.25) is 0 Å². The Kier molecular flexibility index (Phi) is 14.8. The molecule has 0 bridgehead atoms. The maximum Gasteiger partial charge on any atom is 0.219 e. The van der Waals surface area contributed by atoms with Gasteiger partial charge in [0.25, 0.3) is 0 Å². The van der Waals surface area contributed by atoms with Crippen molar-refractivity contribution in [2.24, 2.45) is 0 Å². The van der Waals surface area contributed by atoms with Crippen LogP contribution in [0.15, 0.2) is 0 Å². The van der Waals surface area contributed by atoms with Crippen LogP contribution in [0.5, 0.6) is 0 Å². The number of hydrogen-bond donors (Lipinski definition) is 2. The molecule has 0 aromatic rings. The predicted molar refractivity (Wildman–Crippen MR) is 98.0 cm³/mol. The number of nitrogens with zero attached hydrogens (tertiary/aromatic N) is 1. The first kappa shape index (κ1) is 22.5. The number of carbonyl (C=O) groups excluding carboxylic acids is 1. The van der Waals surface area contributed by atoms with Crippen molar-refractivity contribution in [1.29, 1.82) is 0 Å². The molecular formula is C17H36N2O3S. The predicted octanol–water partition coefficient (Wildman–Crippen LogP) is 3.18. The summed E-state index contributed by atoms with van der Waals surface area (Å²) in [6.07, 6.45) is 9.42.